The van der Waals surface area contributed by atoms with Crippen LogP contribution in [0.25, 0.3) is 0 Å². The molecule has 3 N–H and O–H groups in total. The fourth-order valence-electron chi connectivity index (χ4n) is 1.70. The highest BCUT2D eigenvalue weighted by Gasteiger charge is 2.24. The van der Waals surface area contributed by atoms with Gasteiger partial charge < -0.3 is 15.8 Å². The second-order valence-corrected chi connectivity index (χ2v) is 4.11. The molecule has 1 fully saturated rings. The molecule has 82 valence electrons. The van der Waals surface area contributed by atoms with Crippen LogP contribution in [0.4, 0.5) is 11.5 Å². The van der Waals surface area contributed by atoms with Crippen molar-refractivity contribution in [2.24, 2.45) is 0 Å². The van der Waals surface area contributed by atoms with Gasteiger partial charge in [0.1, 0.15) is 11.0 Å². The zero-order valence-electron chi connectivity index (χ0n) is 8.53. The van der Waals surface area contributed by atoms with Gasteiger partial charge in [0.05, 0.1) is 12.1 Å². The van der Waals surface area contributed by atoms with Crippen molar-refractivity contribution in [3.8, 4) is 0 Å². The van der Waals surface area contributed by atoms with Crippen LogP contribution in [0.1, 0.15) is 13.3 Å². The molecule has 0 aliphatic carbocycles. The molecular formula is C10H14ClN3O. The number of nitrogens with one attached hydrogen (secondary N) is 1. The summed E-state index contributed by atoms with van der Waals surface area (Å²) >= 11 is 5.81. The molecule has 1 aromatic rings. The molecule has 2 unspecified atom stereocenters. The maximum atomic E-state index is 5.81. The predicted octanol–water partition coefficient (Wildman–Crippen LogP) is 1.91. The Kier molecular flexibility index (Phi) is 2.98. The van der Waals surface area contributed by atoms with Gasteiger partial charge in [-0.15, -0.1) is 0 Å². The largest absolute Gasteiger partial charge is 0.399 e. The Morgan fingerprint density at radius 3 is 3.00 bits per heavy atom. The van der Waals surface area contributed by atoms with E-state index in [2.05, 4.69) is 10.3 Å². The number of ether oxygens (including phenoxy) is 1. The second-order valence-electron chi connectivity index (χ2n) is 3.72. The van der Waals surface area contributed by atoms with Gasteiger partial charge in [0.25, 0.3) is 0 Å². The van der Waals surface area contributed by atoms with Gasteiger partial charge in [0.2, 0.25) is 0 Å². The van der Waals surface area contributed by atoms with Crippen molar-refractivity contribution in [3.05, 3.63) is 17.3 Å². The number of nitrogens with zero attached hydrogens (tertiary/aromatic N) is 1. The zero-order valence-corrected chi connectivity index (χ0v) is 9.29. The minimum atomic E-state index is 0.201. The van der Waals surface area contributed by atoms with E-state index in [0.29, 0.717) is 16.7 Å². The van der Waals surface area contributed by atoms with Crippen molar-refractivity contribution in [2.75, 3.05) is 17.7 Å². The van der Waals surface area contributed by atoms with Crippen LogP contribution in [0.3, 0.4) is 0 Å². The molecular weight excluding hydrogens is 214 g/mol. The van der Waals surface area contributed by atoms with Gasteiger partial charge in [-0.05, 0) is 19.4 Å². The summed E-state index contributed by atoms with van der Waals surface area (Å²) in [7, 11) is 0. The van der Waals surface area contributed by atoms with Crippen molar-refractivity contribution < 1.29 is 4.74 Å². The molecule has 1 aromatic heterocycles. The predicted molar refractivity (Wildman–Crippen MR) is 61.1 cm³/mol. The van der Waals surface area contributed by atoms with E-state index in [4.69, 9.17) is 22.1 Å². The minimum Gasteiger partial charge on any atom is -0.399 e. The van der Waals surface area contributed by atoms with E-state index in [-0.39, 0.29) is 12.1 Å². The lowest BCUT2D eigenvalue weighted by Gasteiger charge is -2.16. The average Bonchev–Trinajstić information content (AvgIpc) is 2.50. The highest BCUT2D eigenvalue weighted by molar-refractivity contribution is 6.29. The molecule has 2 rings (SSSR count). The Balaban J connectivity index is 2.10. The number of pyridine rings is 1. The van der Waals surface area contributed by atoms with Gasteiger partial charge >= 0.3 is 0 Å². The number of nitrogen functional groups attached to an aromatic ring is 1. The number of hydrogen-bond acceptors (Lipinski definition) is 4. The van der Waals surface area contributed by atoms with Crippen LogP contribution in [0.15, 0.2) is 12.1 Å². The molecule has 0 spiro atoms. The monoisotopic (exact) mass is 227 g/mol. The minimum absolute atomic E-state index is 0.201. The van der Waals surface area contributed by atoms with Crippen molar-refractivity contribution >= 4 is 23.1 Å². The van der Waals surface area contributed by atoms with Gasteiger partial charge in [-0.25, -0.2) is 4.98 Å². The number of halogens is 1. The summed E-state index contributed by atoms with van der Waals surface area (Å²) in [6, 6.07) is 3.69. The molecule has 0 saturated carbocycles. The Morgan fingerprint density at radius 2 is 2.40 bits per heavy atom. The summed E-state index contributed by atoms with van der Waals surface area (Å²) in [4.78, 5) is 4.15. The first-order chi connectivity index (χ1) is 7.15. The third kappa shape index (κ3) is 2.52. The Labute approximate surface area is 93.8 Å². The van der Waals surface area contributed by atoms with E-state index in [1.54, 1.807) is 12.1 Å². The number of anilines is 2. The molecule has 2 atom stereocenters. The van der Waals surface area contributed by atoms with Crippen LogP contribution in [0.5, 0.6) is 0 Å². The maximum Gasteiger partial charge on any atom is 0.133 e. The summed E-state index contributed by atoms with van der Waals surface area (Å²) < 4.78 is 5.44. The Morgan fingerprint density at radius 1 is 1.60 bits per heavy atom. The van der Waals surface area contributed by atoms with E-state index in [9.17, 15) is 0 Å². The van der Waals surface area contributed by atoms with Crippen LogP contribution in [-0.2, 0) is 4.74 Å². The number of hydrogen-bond donors (Lipinski definition) is 2. The highest BCUT2D eigenvalue weighted by Crippen LogP contribution is 2.21. The summed E-state index contributed by atoms with van der Waals surface area (Å²) in [5.74, 6) is 0.711. The smallest absolute Gasteiger partial charge is 0.133 e. The first-order valence-electron chi connectivity index (χ1n) is 4.96. The van der Waals surface area contributed by atoms with Crippen molar-refractivity contribution in [1.29, 1.82) is 0 Å². The van der Waals surface area contributed by atoms with Crippen molar-refractivity contribution in [1.82, 2.24) is 4.98 Å². The van der Waals surface area contributed by atoms with Crippen molar-refractivity contribution in [2.45, 2.75) is 25.5 Å². The molecule has 4 nitrogen and oxygen atoms in total. The fraction of sp³-hybridized carbons (Fsp3) is 0.500. The lowest BCUT2D eigenvalue weighted by atomic mass is 10.1. The van der Waals surface area contributed by atoms with Crippen LogP contribution in [-0.4, -0.2) is 23.7 Å². The van der Waals surface area contributed by atoms with Crippen LogP contribution >= 0.6 is 11.6 Å². The van der Waals surface area contributed by atoms with E-state index in [0.717, 1.165) is 13.0 Å². The van der Waals surface area contributed by atoms with Gasteiger partial charge in [0, 0.05) is 18.4 Å². The lowest BCUT2D eigenvalue weighted by Crippen LogP contribution is -2.27. The molecule has 1 aliphatic rings. The maximum absolute atomic E-state index is 5.81. The molecule has 15 heavy (non-hydrogen) atoms. The van der Waals surface area contributed by atoms with Crippen LogP contribution < -0.4 is 11.1 Å². The number of rotatable bonds is 2. The normalized spacial score (nSPS) is 25.5. The Bertz CT molecular complexity index is 338. The first-order valence-corrected chi connectivity index (χ1v) is 5.34. The quantitative estimate of drug-likeness (QED) is 0.758. The average molecular weight is 228 g/mol. The highest BCUT2D eigenvalue weighted by atomic mass is 35.5. The van der Waals surface area contributed by atoms with Crippen molar-refractivity contribution in [3.63, 3.8) is 0 Å². The molecule has 2 heterocycles. The van der Waals surface area contributed by atoms with E-state index < -0.39 is 0 Å². The third-order valence-electron chi connectivity index (χ3n) is 2.53. The summed E-state index contributed by atoms with van der Waals surface area (Å²) in [5, 5.41) is 3.68. The molecule has 1 saturated heterocycles. The van der Waals surface area contributed by atoms with Gasteiger partial charge in [-0.1, -0.05) is 11.6 Å². The molecule has 0 radical (unpaired) electrons. The van der Waals surface area contributed by atoms with Crippen LogP contribution in [0.2, 0.25) is 5.15 Å². The third-order valence-corrected chi connectivity index (χ3v) is 2.72. The molecule has 0 bridgehead atoms. The molecule has 0 aromatic carbocycles. The van der Waals surface area contributed by atoms with Crippen LogP contribution in [0, 0.1) is 0 Å². The van der Waals surface area contributed by atoms with E-state index in [1.165, 1.54) is 0 Å². The van der Waals surface area contributed by atoms with Gasteiger partial charge in [-0.2, -0.15) is 0 Å². The van der Waals surface area contributed by atoms with Gasteiger partial charge in [-0.3, -0.25) is 0 Å². The number of nitrogens with two attached hydrogens (primary N) is 1. The van der Waals surface area contributed by atoms with Gasteiger partial charge in [0.15, 0.2) is 0 Å². The topological polar surface area (TPSA) is 60.2 Å². The SMILES string of the molecule is CC1OCCC1Nc1cc(N)cc(Cl)n1. The summed E-state index contributed by atoms with van der Waals surface area (Å²) in [5.41, 5.74) is 6.29. The fourth-order valence-corrected chi connectivity index (χ4v) is 1.92. The first kappa shape index (κ1) is 10.5. The standard InChI is InChI=1S/C10H14ClN3O/c1-6-8(2-3-15-6)13-10-5-7(12)4-9(11)14-10/h4-6,8H,2-3H2,1H3,(H3,12,13,14). The van der Waals surface area contributed by atoms with E-state index in [1.807, 2.05) is 6.92 Å². The summed E-state index contributed by atoms with van der Waals surface area (Å²) in [6.45, 7) is 2.83. The zero-order chi connectivity index (χ0) is 10.8. The summed E-state index contributed by atoms with van der Waals surface area (Å²) in [6.07, 6.45) is 1.18. The second kappa shape index (κ2) is 4.24. The molecule has 0 amide bonds. The van der Waals surface area contributed by atoms with E-state index >= 15 is 0 Å². The molecule has 1 aliphatic heterocycles. The Hall–Kier alpha value is -1.00. The molecule has 5 heteroatoms. The lowest BCUT2D eigenvalue weighted by molar-refractivity contribution is 0.121. The number of aromatic nitrogens is 1.